The molecule has 0 saturated heterocycles. The average Bonchev–Trinajstić information content (AvgIpc) is 2.94. The van der Waals surface area contributed by atoms with E-state index >= 15 is 0 Å². The van der Waals surface area contributed by atoms with Crippen molar-refractivity contribution in [1.29, 1.82) is 0 Å². The minimum atomic E-state index is -0.925. The Morgan fingerprint density at radius 3 is 1.65 bits per heavy atom. The lowest BCUT2D eigenvalue weighted by Gasteiger charge is -2.17. The Bertz CT molecular complexity index is 1030. The molecule has 0 aliphatic carbocycles. The molecule has 3 amide bonds. The number of carbonyl (C=O) groups excluding carboxylic acids is 4. The Morgan fingerprint density at radius 2 is 1.18 bits per heavy atom. The predicted octanol–water partition coefficient (Wildman–Crippen LogP) is 4.23. The van der Waals surface area contributed by atoms with Crippen molar-refractivity contribution in [3.8, 4) is 0 Å². The zero-order chi connectivity index (χ0) is 29.9. The Hall–Kier alpha value is -4.08. The van der Waals surface area contributed by atoms with Crippen LogP contribution in [0.15, 0.2) is 60.7 Å². The second-order valence-corrected chi connectivity index (χ2v) is 9.89. The molecular formula is C30H43N3O7. The maximum absolute atomic E-state index is 11.8. The molecule has 2 atom stereocenters. The van der Waals surface area contributed by atoms with Crippen LogP contribution in [-0.2, 0) is 36.8 Å². The number of nitrogens with one attached hydrogen (secondary N) is 3. The molecule has 2 rings (SSSR count). The molecule has 220 valence electrons. The van der Waals surface area contributed by atoms with E-state index in [0.717, 1.165) is 11.1 Å². The number of rotatable bonds is 12. The normalized spacial score (nSPS) is 11.8. The molecule has 0 heterocycles. The number of benzene rings is 2. The first-order valence-electron chi connectivity index (χ1n) is 13.4. The van der Waals surface area contributed by atoms with Gasteiger partial charge in [-0.15, -0.1) is 0 Å². The van der Waals surface area contributed by atoms with Crippen LogP contribution in [-0.4, -0.2) is 56.4 Å². The Labute approximate surface area is 237 Å². The van der Waals surface area contributed by atoms with Crippen molar-refractivity contribution in [3.63, 3.8) is 0 Å². The standard InChI is InChI=1S/C15H22N2O3.C15H21NO4/c1-11(2)10-17-15(19)20-13(14(18)16-3)9-12-7-5-4-6-8-12;1-11(2)9-16-15(18)20-12(3)14(17)19-10-13-7-5-4-6-8-13/h4-8,11,13H,9-10H2,1-3H3,(H,16,18)(H,17,19);4-8,11-12H,9-10H2,1-3H3,(H,16,18). The van der Waals surface area contributed by atoms with E-state index in [-0.39, 0.29) is 12.5 Å². The number of hydrogen-bond donors (Lipinski definition) is 3. The van der Waals surface area contributed by atoms with Crippen LogP contribution >= 0.6 is 0 Å². The van der Waals surface area contributed by atoms with Crippen LogP contribution < -0.4 is 16.0 Å². The quantitative estimate of drug-likeness (QED) is 0.263. The minimum absolute atomic E-state index is 0.168. The van der Waals surface area contributed by atoms with E-state index < -0.39 is 30.4 Å². The van der Waals surface area contributed by atoms with Crippen molar-refractivity contribution in [1.82, 2.24) is 16.0 Å². The summed E-state index contributed by atoms with van der Waals surface area (Å²) in [6, 6.07) is 18.8. The summed E-state index contributed by atoms with van der Waals surface area (Å²) in [5.74, 6) is -0.222. The van der Waals surface area contributed by atoms with Gasteiger partial charge in [0.15, 0.2) is 12.2 Å². The summed E-state index contributed by atoms with van der Waals surface area (Å²) in [6.45, 7) is 10.6. The van der Waals surface area contributed by atoms with Crippen LogP contribution in [0.25, 0.3) is 0 Å². The van der Waals surface area contributed by atoms with Gasteiger partial charge in [0.05, 0.1) is 0 Å². The summed E-state index contributed by atoms with van der Waals surface area (Å²) in [6.07, 6.45) is -2.57. The van der Waals surface area contributed by atoms with Crippen molar-refractivity contribution < 1.29 is 33.4 Å². The highest BCUT2D eigenvalue weighted by atomic mass is 16.6. The van der Waals surface area contributed by atoms with Gasteiger partial charge in [0.25, 0.3) is 5.91 Å². The van der Waals surface area contributed by atoms with Crippen molar-refractivity contribution >= 4 is 24.1 Å². The molecule has 10 nitrogen and oxygen atoms in total. The smallest absolute Gasteiger partial charge is 0.407 e. The van der Waals surface area contributed by atoms with Gasteiger partial charge in [-0.1, -0.05) is 88.4 Å². The number of hydrogen-bond acceptors (Lipinski definition) is 7. The zero-order valence-corrected chi connectivity index (χ0v) is 24.3. The number of amides is 3. The van der Waals surface area contributed by atoms with E-state index in [1.165, 1.54) is 14.0 Å². The summed E-state index contributed by atoms with van der Waals surface area (Å²) in [5.41, 5.74) is 1.83. The molecule has 0 aliphatic rings. The molecule has 40 heavy (non-hydrogen) atoms. The maximum atomic E-state index is 11.8. The fourth-order valence-electron chi connectivity index (χ4n) is 3.02. The minimum Gasteiger partial charge on any atom is -0.458 e. The summed E-state index contributed by atoms with van der Waals surface area (Å²) < 4.78 is 15.2. The van der Waals surface area contributed by atoms with E-state index in [2.05, 4.69) is 16.0 Å². The molecule has 3 N–H and O–H groups in total. The van der Waals surface area contributed by atoms with Crippen molar-refractivity contribution in [3.05, 3.63) is 71.8 Å². The van der Waals surface area contributed by atoms with Gasteiger partial charge in [0, 0.05) is 26.6 Å². The van der Waals surface area contributed by atoms with Gasteiger partial charge in [-0.2, -0.15) is 0 Å². The fourth-order valence-corrected chi connectivity index (χ4v) is 3.02. The summed E-state index contributed by atoms with van der Waals surface area (Å²) in [5, 5.41) is 7.72. The molecule has 0 saturated carbocycles. The highest BCUT2D eigenvalue weighted by molar-refractivity contribution is 5.83. The Kier molecular flexibility index (Phi) is 16.2. The molecule has 10 heteroatoms. The number of ether oxygens (including phenoxy) is 3. The van der Waals surface area contributed by atoms with Crippen LogP contribution in [0.1, 0.15) is 45.7 Å². The lowest BCUT2D eigenvalue weighted by atomic mass is 10.1. The molecule has 2 aromatic rings. The van der Waals surface area contributed by atoms with Crippen LogP contribution in [0.4, 0.5) is 9.59 Å². The monoisotopic (exact) mass is 557 g/mol. The third-order valence-corrected chi connectivity index (χ3v) is 5.20. The summed E-state index contributed by atoms with van der Waals surface area (Å²) in [7, 11) is 1.52. The topological polar surface area (TPSA) is 132 Å². The van der Waals surface area contributed by atoms with Crippen LogP contribution in [0.5, 0.6) is 0 Å². The van der Waals surface area contributed by atoms with Crippen LogP contribution in [0.3, 0.4) is 0 Å². The highest BCUT2D eigenvalue weighted by Crippen LogP contribution is 2.07. The first kappa shape index (κ1) is 33.9. The first-order valence-corrected chi connectivity index (χ1v) is 13.4. The Morgan fingerprint density at radius 1 is 0.700 bits per heavy atom. The van der Waals surface area contributed by atoms with Gasteiger partial charge in [-0.3, -0.25) is 4.79 Å². The van der Waals surface area contributed by atoms with E-state index in [1.54, 1.807) is 0 Å². The van der Waals surface area contributed by atoms with Gasteiger partial charge in [-0.25, -0.2) is 14.4 Å². The molecule has 0 spiro atoms. The van der Waals surface area contributed by atoms with Crippen molar-refractivity contribution in [2.75, 3.05) is 20.1 Å². The number of likely N-dealkylation sites (N-methyl/N-ethyl adjacent to an activating group) is 1. The van der Waals surface area contributed by atoms with E-state index in [0.29, 0.717) is 31.3 Å². The van der Waals surface area contributed by atoms with Crippen LogP contribution in [0.2, 0.25) is 0 Å². The van der Waals surface area contributed by atoms with Crippen molar-refractivity contribution in [2.24, 2.45) is 11.8 Å². The van der Waals surface area contributed by atoms with Gasteiger partial charge in [-0.05, 0) is 29.9 Å². The lowest BCUT2D eigenvalue weighted by Crippen LogP contribution is -2.40. The van der Waals surface area contributed by atoms with Gasteiger partial charge in [0.2, 0.25) is 0 Å². The summed E-state index contributed by atoms with van der Waals surface area (Å²) in [4.78, 5) is 46.5. The molecule has 0 aromatic heterocycles. The molecule has 2 aromatic carbocycles. The van der Waals surface area contributed by atoms with Crippen LogP contribution in [0, 0.1) is 11.8 Å². The maximum Gasteiger partial charge on any atom is 0.407 e. The third-order valence-electron chi connectivity index (χ3n) is 5.20. The zero-order valence-electron chi connectivity index (χ0n) is 24.3. The second-order valence-electron chi connectivity index (χ2n) is 9.89. The van der Waals surface area contributed by atoms with E-state index in [4.69, 9.17) is 14.2 Å². The third kappa shape index (κ3) is 15.4. The van der Waals surface area contributed by atoms with Crippen molar-refractivity contribution in [2.45, 2.75) is 59.9 Å². The number of alkyl carbamates (subject to hydrolysis) is 2. The largest absolute Gasteiger partial charge is 0.458 e. The molecular weight excluding hydrogens is 514 g/mol. The molecule has 0 aliphatic heterocycles. The van der Waals surface area contributed by atoms with E-state index in [1.807, 2.05) is 88.4 Å². The number of esters is 1. The van der Waals surface area contributed by atoms with E-state index in [9.17, 15) is 19.2 Å². The number of carbonyl (C=O) groups is 4. The molecule has 0 fully saturated rings. The van der Waals surface area contributed by atoms with Gasteiger partial charge >= 0.3 is 18.2 Å². The SMILES string of the molecule is CC(C)CNC(=O)OC(C)C(=O)OCc1ccccc1.CNC(=O)C(Cc1ccccc1)OC(=O)NCC(C)C. The first-order chi connectivity index (χ1) is 19.0. The molecule has 0 radical (unpaired) electrons. The molecule has 0 bridgehead atoms. The highest BCUT2D eigenvalue weighted by Gasteiger charge is 2.22. The lowest BCUT2D eigenvalue weighted by molar-refractivity contribution is -0.154. The predicted molar refractivity (Wildman–Crippen MR) is 152 cm³/mol. The summed E-state index contributed by atoms with van der Waals surface area (Å²) >= 11 is 0. The second kappa shape index (κ2) is 19.1. The van der Waals surface area contributed by atoms with Gasteiger partial charge in [0.1, 0.15) is 6.61 Å². The van der Waals surface area contributed by atoms with Gasteiger partial charge < -0.3 is 30.2 Å². The average molecular weight is 558 g/mol. The fraction of sp³-hybridized carbons (Fsp3) is 0.467. The Balaban J connectivity index is 0.000000400. The molecule has 2 unspecified atom stereocenters.